The molecule has 0 aliphatic carbocycles. The van der Waals surface area contributed by atoms with Gasteiger partial charge in [0.25, 0.3) is 0 Å². The number of thioether (sulfide) groups is 1. The summed E-state index contributed by atoms with van der Waals surface area (Å²) in [4.78, 5) is 19.8. The molecule has 0 bridgehead atoms. The molecular weight excluding hydrogens is 373 g/mol. The molecule has 1 aromatic carbocycles. The molecule has 0 saturated heterocycles. The van der Waals surface area contributed by atoms with Crippen molar-refractivity contribution >= 4 is 46.8 Å². The minimum atomic E-state index is -0.535. The fourth-order valence-corrected chi connectivity index (χ4v) is 2.79. The van der Waals surface area contributed by atoms with Gasteiger partial charge in [0.05, 0.1) is 18.2 Å². The zero-order chi connectivity index (χ0) is 17.5. The molecular formula is C15H15Cl2N3O3S. The van der Waals surface area contributed by atoms with Crippen LogP contribution in [-0.2, 0) is 4.74 Å². The number of esters is 1. The minimum absolute atomic E-state index is 0.0904. The first-order valence-corrected chi connectivity index (χ1v) is 8.75. The van der Waals surface area contributed by atoms with Gasteiger partial charge >= 0.3 is 5.97 Å². The van der Waals surface area contributed by atoms with Gasteiger partial charge in [-0.3, -0.25) is 0 Å². The average Bonchev–Trinajstić information content (AvgIpc) is 2.53. The van der Waals surface area contributed by atoms with E-state index in [9.17, 15) is 4.79 Å². The zero-order valence-electron chi connectivity index (χ0n) is 12.8. The van der Waals surface area contributed by atoms with Crippen LogP contribution in [0.5, 0.6) is 5.75 Å². The Kier molecular flexibility index (Phi) is 6.96. The molecule has 2 N–H and O–H groups in total. The Bertz CT molecular complexity index is 731. The number of benzene rings is 1. The predicted octanol–water partition coefficient (Wildman–Crippen LogP) is 3.71. The number of nitrogens with two attached hydrogens (primary N) is 1. The average molecular weight is 388 g/mol. The van der Waals surface area contributed by atoms with Gasteiger partial charge in [-0.1, -0.05) is 35.0 Å². The van der Waals surface area contributed by atoms with Crippen LogP contribution in [0.15, 0.2) is 29.6 Å². The topological polar surface area (TPSA) is 87.3 Å². The SMILES string of the molecule is CCOC(=O)c1cnc(SCCOc2ccc(Cl)cc2Cl)nc1N. The fourth-order valence-electron chi connectivity index (χ4n) is 1.69. The van der Waals surface area contributed by atoms with Crippen molar-refractivity contribution < 1.29 is 14.3 Å². The van der Waals surface area contributed by atoms with Crippen molar-refractivity contribution in [3.63, 3.8) is 0 Å². The van der Waals surface area contributed by atoms with Crippen molar-refractivity contribution in [1.82, 2.24) is 9.97 Å². The van der Waals surface area contributed by atoms with E-state index in [4.69, 9.17) is 38.4 Å². The molecule has 2 aromatic rings. The van der Waals surface area contributed by atoms with Crippen molar-refractivity contribution in [3.05, 3.63) is 40.0 Å². The standard InChI is InChI=1S/C15H15Cl2N3O3S/c1-2-22-14(21)10-8-19-15(20-13(10)18)24-6-5-23-12-4-3-9(16)7-11(12)17/h3-4,7-8H,2,5-6H2,1H3,(H2,18,19,20). The van der Waals surface area contributed by atoms with Crippen LogP contribution in [0.4, 0.5) is 5.82 Å². The molecule has 1 heterocycles. The van der Waals surface area contributed by atoms with Crippen molar-refractivity contribution in [2.75, 3.05) is 24.7 Å². The molecule has 0 saturated carbocycles. The summed E-state index contributed by atoms with van der Waals surface area (Å²) in [5.41, 5.74) is 5.91. The number of hydrogen-bond acceptors (Lipinski definition) is 7. The second-order valence-electron chi connectivity index (χ2n) is 4.44. The first-order valence-electron chi connectivity index (χ1n) is 7.01. The van der Waals surface area contributed by atoms with E-state index in [0.717, 1.165) is 0 Å². The number of aromatic nitrogens is 2. The molecule has 2 rings (SSSR count). The van der Waals surface area contributed by atoms with Gasteiger partial charge in [-0.05, 0) is 25.1 Å². The molecule has 0 spiro atoms. The number of rotatable bonds is 7. The summed E-state index contributed by atoms with van der Waals surface area (Å²) in [7, 11) is 0. The van der Waals surface area contributed by atoms with Crippen molar-refractivity contribution in [2.24, 2.45) is 0 Å². The van der Waals surface area contributed by atoms with E-state index in [1.807, 2.05) is 0 Å². The molecule has 9 heteroatoms. The highest BCUT2D eigenvalue weighted by Crippen LogP contribution is 2.27. The summed E-state index contributed by atoms with van der Waals surface area (Å²) in [6, 6.07) is 5.02. The maximum Gasteiger partial charge on any atom is 0.343 e. The molecule has 0 radical (unpaired) electrons. The first kappa shape index (κ1) is 18.6. The van der Waals surface area contributed by atoms with Gasteiger partial charge in [-0.25, -0.2) is 14.8 Å². The Balaban J connectivity index is 1.86. The Morgan fingerprint density at radius 2 is 2.17 bits per heavy atom. The molecule has 0 unspecified atom stereocenters. The number of nitrogen functional groups attached to an aromatic ring is 1. The van der Waals surface area contributed by atoms with Gasteiger partial charge in [0.1, 0.15) is 17.1 Å². The van der Waals surface area contributed by atoms with Crippen LogP contribution in [0.2, 0.25) is 10.0 Å². The molecule has 0 aliphatic heterocycles. The first-order chi connectivity index (χ1) is 11.5. The van der Waals surface area contributed by atoms with E-state index in [1.165, 1.54) is 18.0 Å². The molecule has 1 aromatic heterocycles. The number of hydrogen-bond donors (Lipinski definition) is 1. The summed E-state index contributed by atoms with van der Waals surface area (Å²) in [5, 5.41) is 1.45. The van der Waals surface area contributed by atoms with Crippen LogP contribution in [-0.4, -0.2) is 34.9 Å². The van der Waals surface area contributed by atoms with Gasteiger partial charge in [0.15, 0.2) is 5.16 Å². The number of halogens is 2. The molecule has 0 amide bonds. The number of carbonyl (C=O) groups is 1. The third-order valence-corrected chi connectivity index (χ3v) is 4.11. The van der Waals surface area contributed by atoms with Crippen LogP contribution in [0, 0.1) is 0 Å². The summed E-state index contributed by atoms with van der Waals surface area (Å²) in [6.07, 6.45) is 1.36. The maximum atomic E-state index is 11.6. The van der Waals surface area contributed by atoms with Crippen molar-refractivity contribution in [3.8, 4) is 5.75 Å². The Morgan fingerprint density at radius 1 is 1.38 bits per heavy atom. The number of ether oxygens (including phenoxy) is 2. The maximum absolute atomic E-state index is 11.6. The fraction of sp³-hybridized carbons (Fsp3) is 0.267. The van der Waals surface area contributed by atoms with Gasteiger partial charge in [0, 0.05) is 17.0 Å². The van der Waals surface area contributed by atoms with Crippen LogP contribution in [0.1, 0.15) is 17.3 Å². The van der Waals surface area contributed by atoms with Gasteiger partial charge in [-0.15, -0.1) is 0 Å². The Labute approximate surface area is 153 Å². The van der Waals surface area contributed by atoms with Gasteiger partial charge in [-0.2, -0.15) is 0 Å². The Hall–Kier alpha value is -1.70. The lowest BCUT2D eigenvalue weighted by molar-refractivity contribution is 0.0526. The largest absolute Gasteiger partial charge is 0.491 e. The number of nitrogens with zero attached hydrogens (tertiary/aromatic N) is 2. The van der Waals surface area contributed by atoms with Crippen LogP contribution >= 0.6 is 35.0 Å². The molecule has 0 atom stereocenters. The summed E-state index contributed by atoms with van der Waals surface area (Å²) in [5.74, 6) is 0.691. The van der Waals surface area contributed by atoms with E-state index in [-0.39, 0.29) is 18.0 Å². The highest BCUT2D eigenvalue weighted by molar-refractivity contribution is 7.99. The van der Waals surface area contributed by atoms with E-state index in [2.05, 4.69) is 9.97 Å². The molecule has 6 nitrogen and oxygen atoms in total. The van der Waals surface area contributed by atoms with Gasteiger partial charge < -0.3 is 15.2 Å². The zero-order valence-corrected chi connectivity index (χ0v) is 15.1. The van der Waals surface area contributed by atoms with Gasteiger partial charge in [0.2, 0.25) is 0 Å². The Morgan fingerprint density at radius 3 is 2.83 bits per heavy atom. The second-order valence-corrected chi connectivity index (χ2v) is 6.35. The molecule has 24 heavy (non-hydrogen) atoms. The summed E-state index contributed by atoms with van der Waals surface area (Å²) in [6.45, 7) is 2.38. The lowest BCUT2D eigenvalue weighted by Gasteiger charge is -2.08. The lowest BCUT2D eigenvalue weighted by Crippen LogP contribution is -2.11. The van der Waals surface area contributed by atoms with Crippen LogP contribution < -0.4 is 10.5 Å². The lowest BCUT2D eigenvalue weighted by atomic mass is 10.3. The molecule has 128 valence electrons. The summed E-state index contributed by atoms with van der Waals surface area (Å²) < 4.78 is 10.4. The number of carbonyl (C=O) groups excluding carboxylic acids is 1. The highest BCUT2D eigenvalue weighted by atomic mass is 35.5. The van der Waals surface area contributed by atoms with Crippen molar-refractivity contribution in [1.29, 1.82) is 0 Å². The predicted molar refractivity (Wildman–Crippen MR) is 95.1 cm³/mol. The monoisotopic (exact) mass is 387 g/mol. The summed E-state index contributed by atoms with van der Waals surface area (Å²) >= 11 is 13.2. The highest BCUT2D eigenvalue weighted by Gasteiger charge is 2.13. The van der Waals surface area contributed by atoms with E-state index < -0.39 is 5.97 Å². The van der Waals surface area contributed by atoms with Crippen LogP contribution in [0.25, 0.3) is 0 Å². The third kappa shape index (κ3) is 5.15. The number of anilines is 1. The van der Waals surface area contributed by atoms with E-state index >= 15 is 0 Å². The molecule has 0 aliphatic rings. The molecule has 0 fully saturated rings. The normalized spacial score (nSPS) is 10.5. The van der Waals surface area contributed by atoms with Crippen molar-refractivity contribution in [2.45, 2.75) is 12.1 Å². The quantitative estimate of drug-likeness (QED) is 0.335. The van der Waals surface area contributed by atoms with E-state index in [0.29, 0.717) is 33.3 Å². The minimum Gasteiger partial charge on any atom is -0.491 e. The third-order valence-electron chi connectivity index (χ3n) is 2.76. The van der Waals surface area contributed by atoms with Crippen LogP contribution in [0.3, 0.4) is 0 Å². The van der Waals surface area contributed by atoms with E-state index in [1.54, 1.807) is 25.1 Å². The second kappa shape index (κ2) is 8.96. The smallest absolute Gasteiger partial charge is 0.343 e.